The van der Waals surface area contributed by atoms with Crippen LogP contribution in [0.3, 0.4) is 0 Å². The van der Waals surface area contributed by atoms with Crippen molar-refractivity contribution in [2.45, 2.75) is 91.8 Å². The molecule has 5 heteroatoms. The number of rotatable bonds is 3. The summed E-state index contributed by atoms with van der Waals surface area (Å²) in [6.07, 6.45) is 8.82. The maximum Gasteiger partial charge on any atom is 0.302 e. The summed E-state index contributed by atoms with van der Waals surface area (Å²) < 4.78 is 11.5. The Labute approximate surface area is 179 Å². The predicted octanol–water partition coefficient (Wildman–Crippen LogP) is 4.63. The van der Waals surface area contributed by atoms with Gasteiger partial charge in [-0.15, -0.1) is 0 Å². The molecule has 0 N–H and O–H groups in total. The third kappa shape index (κ3) is 3.23. The van der Waals surface area contributed by atoms with E-state index in [2.05, 4.69) is 19.9 Å². The number of fused-ring (bicyclic) bond motifs is 5. The molecular formula is C25H36O5. The first kappa shape index (κ1) is 21.6. The second kappa shape index (κ2) is 7.49. The van der Waals surface area contributed by atoms with Gasteiger partial charge in [-0.05, 0) is 81.0 Å². The molecule has 0 radical (unpaired) electrons. The van der Waals surface area contributed by atoms with Crippen LogP contribution in [-0.2, 0) is 23.9 Å². The third-order valence-corrected chi connectivity index (χ3v) is 9.30. The third-order valence-electron chi connectivity index (χ3n) is 9.30. The zero-order valence-electron chi connectivity index (χ0n) is 19.0. The van der Waals surface area contributed by atoms with Gasteiger partial charge in [-0.3, -0.25) is 14.4 Å². The normalized spacial score (nSPS) is 44.8. The molecular weight excluding hydrogens is 380 g/mol. The summed E-state index contributed by atoms with van der Waals surface area (Å²) in [5.74, 6) is 1.55. The van der Waals surface area contributed by atoms with Crippen LogP contribution in [0.25, 0.3) is 0 Å². The van der Waals surface area contributed by atoms with Gasteiger partial charge in [0.1, 0.15) is 12.2 Å². The second-order valence-electron chi connectivity index (χ2n) is 10.7. The molecule has 0 saturated heterocycles. The molecule has 166 valence electrons. The molecule has 0 heterocycles. The maximum atomic E-state index is 12.5. The number of ether oxygens (including phenoxy) is 2. The average molecular weight is 417 g/mol. The van der Waals surface area contributed by atoms with E-state index in [1.165, 1.54) is 13.8 Å². The van der Waals surface area contributed by atoms with Gasteiger partial charge in [0.05, 0.1) is 0 Å². The molecule has 30 heavy (non-hydrogen) atoms. The van der Waals surface area contributed by atoms with E-state index in [-0.39, 0.29) is 40.8 Å². The Bertz CT molecular complexity index is 784. The van der Waals surface area contributed by atoms with Crippen molar-refractivity contribution in [3.8, 4) is 0 Å². The van der Waals surface area contributed by atoms with Gasteiger partial charge >= 0.3 is 11.9 Å². The highest BCUT2D eigenvalue weighted by Crippen LogP contribution is 2.67. The van der Waals surface area contributed by atoms with E-state index >= 15 is 0 Å². The number of allylic oxidation sites excluding steroid dienone is 1. The quantitative estimate of drug-likeness (QED) is 0.628. The second-order valence-corrected chi connectivity index (χ2v) is 10.7. The topological polar surface area (TPSA) is 69.7 Å². The SMILES string of the molecule is CC(=O)O[C@@H]1CC[C@@]2(C)[C@@H](CC[C@H]3[C@H]2C[C@H](OC(C)=O)[C@]2(C)C(C(C)=O)=CC[C@@H]32)C1. The molecule has 0 amide bonds. The maximum absolute atomic E-state index is 12.5. The lowest BCUT2D eigenvalue weighted by atomic mass is 9.44. The van der Waals surface area contributed by atoms with Gasteiger partial charge < -0.3 is 9.47 Å². The molecule has 4 rings (SSSR count). The van der Waals surface area contributed by atoms with E-state index in [0.29, 0.717) is 23.7 Å². The number of ketones is 1. The van der Waals surface area contributed by atoms with E-state index in [9.17, 15) is 14.4 Å². The minimum absolute atomic E-state index is 0.0349. The minimum atomic E-state index is -0.378. The summed E-state index contributed by atoms with van der Waals surface area (Å²) in [4.78, 5) is 35.9. The first-order valence-corrected chi connectivity index (χ1v) is 11.6. The number of hydrogen-bond donors (Lipinski definition) is 0. The van der Waals surface area contributed by atoms with Crippen LogP contribution in [0.15, 0.2) is 11.6 Å². The van der Waals surface area contributed by atoms with Gasteiger partial charge in [-0.1, -0.05) is 19.9 Å². The number of Topliss-reactive ketones (excluding diaryl/α,β-unsaturated/α-hetero) is 1. The molecule has 0 aromatic rings. The van der Waals surface area contributed by atoms with Gasteiger partial charge in [0, 0.05) is 24.8 Å². The first-order valence-electron chi connectivity index (χ1n) is 11.6. The van der Waals surface area contributed by atoms with Crippen LogP contribution in [0.1, 0.15) is 79.6 Å². The molecule has 0 aliphatic heterocycles. The van der Waals surface area contributed by atoms with Crippen molar-refractivity contribution >= 4 is 17.7 Å². The zero-order valence-corrected chi connectivity index (χ0v) is 19.0. The van der Waals surface area contributed by atoms with E-state index in [1.807, 2.05) is 0 Å². The van der Waals surface area contributed by atoms with Crippen molar-refractivity contribution in [3.05, 3.63) is 11.6 Å². The lowest BCUT2D eigenvalue weighted by Crippen LogP contribution is -2.59. The molecule has 0 unspecified atom stereocenters. The van der Waals surface area contributed by atoms with Crippen LogP contribution in [0, 0.1) is 34.5 Å². The lowest BCUT2D eigenvalue weighted by molar-refractivity contribution is -0.185. The number of carbonyl (C=O) groups is 3. The van der Waals surface area contributed by atoms with Crippen LogP contribution in [0.4, 0.5) is 0 Å². The van der Waals surface area contributed by atoms with Crippen molar-refractivity contribution in [2.75, 3.05) is 0 Å². The average Bonchev–Trinajstić information content (AvgIpc) is 3.01. The molecule has 3 saturated carbocycles. The molecule has 8 atom stereocenters. The fraction of sp³-hybridized carbons (Fsp3) is 0.800. The molecule has 0 aromatic carbocycles. The predicted molar refractivity (Wildman–Crippen MR) is 112 cm³/mol. The summed E-state index contributed by atoms with van der Waals surface area (Å²) in [7, 11) is 0. The monoisotopic (exact) mass is 416 g/mol. The summed E-state index contributed by atoms with van der Waals surface area (Å²) in [6.45, 7) is 9.20. The van der Waals surface area contributed by atoms with Crippen molar-refractivity contribution < 1.29 is 23.9 Å². The van der Waals surface area contributed by atoms with E-state index in [4.69, 9.17) is 9.47 Å². The van der Waals surface area contributed by atoms with Gasteiger partial charge in [-0.2, -0.15) is 0 Å². The molecule has 4 aliphatic rings. The Morgan fingerprint density at radius 3 is 2.27 bits per heavy atom. The van der Waals surface area contributed by atoms with Gasteiger partial charge in [0.15, 0.2) is 5.78 Å². The Kier molecular flexibility index (Phi) is 5.39. The van der Waals surface area contributed by atoms with Crippen LogP contribution in [-0.4, -0.2) is 29.9 Å². The largest absolute Gasteiger partial charge is 0.463 e. The van der Waals surface area contributed by atoms with Crippen LogP contribution >= 0.6 is 0 Å². The van der Waals surface area contributed by atoms with Gasteiger partial charge in [0.25, 0.3) is 0 Å². The molecule has 5 nitrogen and oxygen atoms in total. The summed E-state index contributed by atoms with van der Waals surface area (Å²) >= 11 is 0. The summed E-state index contributed by atoms with van der Waals surface area (Å²) in [6, 6.07) is 0. The Morgan fingerprint density at radius 1 is 0.933 bits per heavy atom. The standard InChI is InChI=1S/C25H36O5/c1-14(26)20-8-9-21-19-7-6-17-12-18(29-15(2)27)10-11-24(17,4)22(19)13-23(25(20,21)5)30-16(3)28/h8,17-19,21-23H,6-7,9-13H2,1-5H3/t17-,18+,19+,21-,22+,23-,24-,25+/m0/s1. The van der Waals surface area contributed by atoms with Crippen molar-refractivity contribution in [3.63, 3.8) is 0 Å². The fourth-order valence-electron chi connectivity index (χ4n) is 7.98. The molecule has 4 aliphatic carbocycles. The smallest absolute Gasteiger partial charge is 0.302 e. The molecule has 3 fully saturated rings. The highest BCUT2D eigenvalue weighted by atomic mass is 16.5. The lowest BCUT2D eigenvalue weighted by Gasteiger charge is -2.62. The highest BCUT2D eigenvalue weighted by Gasteiger charge is 2.63. The number of carbonyl (C=O) groups excluding carboxylic acids is 3. The summed E-state index contributed by atoms with van der Waals surface area (Å²) in [5, 5.41) is 0. The Morgan fingerprint density at radius 2 is 1.63 bits per heavy atom. The highest BCUT2D eigenvalue weighted by molar-refractivity contribution is 5.95. The van der Waals surface area contributed by atoms with Crippen molar-refractivity contribution in [2.24, 2.45) is 34.5 Å². The fourth-order valence-corrected chi connectivity index (χ4v) is 7.98. The van der Waals surface area contributed by atoms with E-state index in [1.54, 1.807) is 6.92 Å². The minimum Gasteiger partial charge on any atom is -0.463 e. The van der Waals surface area contributed by atoms with E-state index in [0.717, 1.165) is 50.5 Å². The number of hydrogen-bond acceptors (Lipinski definition) is 5. The van der Waals surface area contributed by atoms with Gasteiger partial charge in [0.2, 0.25) is 0 Å². The first-order chi connectivity index (χ1) is 14.1. The molecule has 0 aromatic heterocycles. The van der Waals surface area contributed by atoms with Crippen LogP contribution < -0.4 is 0 Å². The van der Waals surface area contributed by atoms with Gasteiger partial charge in [-0.25, -0.2) is 0 Å². The molecule has 0 bridgehead atoms. The zero-order chi connectivity index (χ0) is 21.8. The van der Waals surface area contributed by atoms with E-state index < -0.39 is 0 Å². The molecule has 0 spiro atoms. The van der Waals surface area contributed by atoms with Crippen molar-refractivity contribution in [1.82, 2.24) is 0 Å². The Balaban J connectivity index is 1.64. The summed E-state index contributed by atoms with van der Waals surface area (Å²) in [5.41, 5.74) is 0.651. The van der Waals surface area contributed by atoms with Crippen molar-refractivity contribution in [1.29, 1.82) is 0 Å². The Hall–Kier alpha value is -1.65. The van der Waals surface area contributed by atoms with Crippen LogP contribution in [0.5, 0.6) is 0 Å². The number of esters is 2. The van der Waals surface area contributed by atoms with Crippen LogP contribution in [0.2, 0.25) is 0 Å².